The molecule has 2 aromatic rings. The van der Waals surface area contributed by atoms with Crippen LogP contribution in [-0.2, 0) is 0 Å². The molecular weight excluding hydrogens is 339 g/mol. The van der Waals surface area contributed by atoms with Gasteiger partial charge in [0.05, 0.1) is 0 Å². The number of aromatic nitrogens is 1. The zero-order chi connectivity index (χ0) is 18.3. The first kappa shape index (κ1) is 18.5. The second-order valence-electron chi connectivity index (χ2n) is 4.90. The van der Waals surface area contributed by atoms with Crippen LogP contribution in [0.25, 0.3) is 0 Å². The van der Waals surface area contributed by atoms with Gasteiger partial charge in [-0.1, -0.05) is 0 Å². The predicted octanol–water partition coefficient (Wildman–Crippen LogP) is 2.61. The Morgan fingerprint density at radius 2 is 1.88 bits per heavy atom. The number of nitrogens with zero attached hydrogens (tertiary/aromatic N) is 1. The molecule has 0 saturated heterocycles. The van der Waals surface area contributed by atoms with E-state index in [4.69, 9.17) is 10.5 Å². The molecular formula is C16H16F3N3O3. The zero-order valence-electron chi connectivity index (χ0n) is 13.0. The van der Waals surface area contributed by atoms with Gasteiger partial charge in [0.25, 0.3) is 5.91 Å². The molecule has 3 N–H and O–H groups in total. The molecule has 1 aromatic heterocycles. The largest absolute Gasteiger partial charge is 0.492 e. The molecule has 0 radical (unpaired) electrons. The summed E-state index contributed by atoms with van der Waals surface area (Å²) in [6.45, 7) is -0.710. The minimum absolute atomic E-state index is 0.121. The molecule has 0 fully saturated rings. The number of ether oxygens (including phenoxy) is 2. The van der Waals surface area contributed by atoms with E-state index in [1.165, 1.54) is 12.3 Å². The lowest BCUT2D eigenvalue weighted by atomic mass is 10.2. The first-order chi connectivity index (χ1) is 11.9. The van der Waals surface area contributed by atoms with Gasteiger partial charge in [-0.15, -0.1) is 0 Å². The van der Waals surface area contributed by atoms with Gasteiger partial charge >= 0.3 is 6.18 Å². The SMILES string of the molecule is NCCOc1ccc(NC(=O)c2ccnc(OCC(F)(F)F)c2)cc1. The molecule has 0 saturated carbocycles. The number of benzene rings is 1. The molecule has 6 nitrogen and oxygen atoms in total. The van der Waals surface area contributed by atoms with Crippen molar-refractivity contribution in [3.63, 3.8) is 0 Å². The Labute approximate surface area is 141 Å². The Hall–Kier alpha value is -2.81. The number of hydrogen-bond acceptors (Lipinski definition) is 5. The van der Waals surface area contributed by atoms with Crippen LogP contribution in [0.4, 0.5) is 18.9 Å². The summed E-state index contributed by atoms with van der Waals surface area (Å²) >= 11 is 0. The van der Waals surface area contributed by atoms with Crippen molar-refractivity contribution in [2.75, 3.05) is 25.1 Å². The van der Waals surface area contributed by atoms with Crippen molar-refractivity contribution in [3.8, 4) is 11.6 Å². The van der Waals surface area contributed by atoms with Gasteiger partial charge in [0.1, 0.15) is 12.4 Å². The highest BCUT2D eigenvalue weighted by atomic mass is 19.4. The van der Waals surface area contributed by atoms with Crippen LogP contribution in [0.2, 0.25) is 0 Å². The van der Waals surface area contributed by atoms with Crippen LogP contribution in [0.1, 0.15) is 10.4 Å². The number of carbonyl (C=O) groups is 1. The van der Waals surface area contributed by atoms with Gasteiger partial charge in [0.15, 0.2) is 6.61 Å². The first-order valence-corrected chi connectivity index (χ1v) is 7.27. The maximum absolute atomic E-state index is 12.2. The lowest BCUT2D eigenvalue weighted by Gasteiger charge is -2.10. The molecule has 134 valence electrons. The van der Waals surface area contributed by atoms with E-state index in [1.54, 1.807) is 24.3 Å². The minimum Gasteiger partial charge on any atom is -0.492 e. The molecule has 0 unspecified atom stereocenters. The third-order valence-electron chi connectivity index (χ3n) is 2.88. The molecule has 1 amide bonds. The van der Waals surface area contributed by atoms with Crippen LogP contribution in [0.3, 0.4) is 0 Å². The lowest BCUT2D eigenvalue weighted by Crippen LogP contribution is -2.20. The Morgan fingerprint density at radius 1 is 1.16 bits per heavy atom. The molecule has 25 heavy (non-hydrogen) atoms. The summed E-state index contributed by atoms with van der Waals surface area (Å²) in [5.74, 6) is -0.180. The topological polar surface area (TPSA) is 86.5 Å². The van der Waals surface area contributed by atoms with Crippen LogP contribution in [0.5, 0.6) is 11.6 Å². The van der Waals surface area contributed by atoms with Gasteiger partial charge in [-0.05, 0) is 30.3 Å². The number of amides is 1. The molecule has 0 bridgehead atoms. The van der Waals surface area contributed by atoms with Crippen molar-refractivity contribution >= 4 is 11.6 Å². The molecule has 0 aliphatic rings. The number of pyridine rings is 1. The normalized spacial score (nSPS) is 11.0. The number of halogens is 3. The summed E-state index contributed by atoms with van der Waals surface area (Å²) in [6, 6.07) is 9.09. The van der Waals surface area contributed by atoms with Crippen molar-refractivity contribution in [2.45, 2.75) is 6.18 Å². The molecule has 0 aliphatic carbocycles. The average molecular weight is 355 g/mol. The molecule has 0 spiro atoms. The summed E-state index contributed by atoms with van der Waals surface area (Å²) in [5.41, 5.74) is 5.95. The van der Waals surface area contributed by atoms with Gasteiger partial charge < -0.3 is 20.5 Å². The second kappa shape index (κ2) is 8.34. The highest BCUT2D eigenvalue weighted by Crippen LogP contribution is 2.19. The quantitative estimate of drug-likeness (QED) is 0.797. The number of nitrogens with two attached hydrogens (primary N) is 1. The van der Waals surface area contributed by atoms with E-state index in [0.29, 0.717) is 24.6 Å². The molecule has 0 aliphatic heterocycles. The van der Waals surface area contributed by atoms with E-state index in [9.17, 15) is 18.0 Å². The van der Waals surface area contributed by atoms with Gasteiger partial charge in [-0.25, -0.2) is 4.98 Å². The summed E-state index contributed by atoms with van der Waals surface area (Å²) in [5, 5.41) is 2.62. The number of alkyl halides is 3. The highest BCUT2D eigenvalue weighted by molar-refractivity contribution is 6.04. The first-order valence-electron chi connectivity index (χ1n) is 7.27. The fourth-order valence-electron chi connectivity index (χ4n) is 1.80. The predicted molar refractivity (Wildman–Crippen MR) is 84.7 cm³/mol. The average Bonchev–Trinajstić information content (AvgIpc) is 2.59. The number of rotatable bonds is 7. The molecule has 0 atom stereocenters. The Morgan fingerprint density at radius 3 is 2.52 bits per heavy atom. The van der Waals surface area contributed by atoms with Crippen LogP contribution in [0.15, 0.2) is 42.6 Å². The van der Waals surface area contributed by atoms with Gasteiger partial charge in [-0.3, -0.25) is 4.79 Å². The summed E-state index contributed by atoms with van der Waals surface area (Å²) < 4.78 is 46.3. The second-order valence-corrected chi connectivity index (χ2v) is 4.90. The number of anilines is 1. The maximum atomic E-state index is 12.2. The van der Waals surface area contributed by atoms with Crippen LogP contribution in [-0.4, -0.2) is 36.8 Å². The van der Waals surface area contributed by atoms with Crippen molar-refractivity contribution in [1.82, 2.24) is 4.98 Å². The van der Waals surface area contributed by atoms with Gasteiger partial charge in [-0.2, -0.15) is 13.2 Å². The summed E-state index contributed by atoms with van der Waals surface area (Å²) in [4.78, 5) is 15.8. The standard InChI is InChI=1S/C16H16F3N3O3/c17-16(18,19)10-25-14-9-11(5-7-21-14)15(23)22-12-1-3-13(4-2-12)24-8-6-20/h1-5,7,9H,6,8,10,20H2,(H,22,23). The molecule has 2 rings (SSSR count). The third kappa shape index (κ3) is 6.30. The van der Waals surface area contributed by atoms with Crippen molar-refractivity contribution < 1.29 is 27.4 Å². The zero-order valence-corrected chi connectivity index (χ0v) is 13.0. The Bertz CT molecular complexity index is 706. The minimum atomic E-state index is -4.48. The smallest absolute Gasteiger partial charge is 0.422 e. The molecule has 9 heteroatoms. The van der Waals surface area contributed by atoms with E-state index >= 15 is 0 Å². The van der Waals surface area contributed by atoms with Gasteiger partial charge in [0.2, 0.25) is 5.88 Å². The third-order valence-corrected chi connectivity index (χ3v) is 2.88. The lowest BCUT2D eigenvalue weighted by molar-refractivity contribution is -0.154. The summed E-state index contributed by atoms with van der Waals surface area (Å²) in [7, 11) is 0. The number of hydrogen-bond donors (Lipinski definition) is 2. The van der Waals surface area contributed by atoms with Crippen LogP contribution < -0.4 is 20.5 Å². The van der Waals surface area contributed by atoms with E-state index in [0.717, 1.165) is 6.07 Å². The van der Waals surface area contributed by atoms with Crippen LogP contribution in [0, 0.1) is 0 Å². The van der Waals surface area contributed by atoms with E-state index < -0.39 is 18.7 Å². The fourth-order valence-corrected chi connectivity index (χ4v) is 1.80. The van der Waals surface area contributed by atoms with Crippen molar-refractivity contribution in [3.05, 3.63) is 48.2 Å². The molecule has 1 heterocycles. The van der Waals surface area contributed by atoms with E-state index in [1.807, 2.05) is 0 Å². The fraction of sp³-hybridized carbons (Fsp3) is 0.250. The number of nitrogens with one attached hydrogen (secondary N) is 1. The van der Waals surface area contributed by atoms with Crippen molar-refractivity contribution in [2.24, 2.45) is 5.73 Å². The highest BCUT2D eigenvalue weighted by Gasteiger charge is 2.28. The molecule has 1 aromatic carbocycles. The Kier molecular flexibility index (Phi) is 6.18. The van der Waals surface area contributed by atoms with Crippen LogP contribution >= 0.6 is 0 Å². The van der Waals surface area contributed by atoms with Gasteiger partial charge in [0, 0.05) is 30.1 Å². The monoisotopic (exact) mass is 355 g/mol. The van der Waals surface area contributed by atoms with Crippen molar-refractivity contribution in [1.29, 1.82) is 0 Å². The Balaban J connectivity index is 1.98. The number of carbonyl (C=O) groups excluding carboxylic acids is 1. The maximum Gasteiger partial charge on any atom is 0.422 e. The van der Waals surface area contributed by atoms with E-state index in [-0.39, 0.29) is 11.4 Å². The summed E-state index contributed by atoms with van der Waals surface area (Å²) in [6.07, 6.45) is -3.28. The van der Waals surface area contributed by atoms with E-state index in [2.05, 4.69) is 15.0 Å².